The normalized spacial score (nSPS) is 23.7. The predicted octanol–water partition coefficient (Wildman–Crippen LogP) is 5.90. The molecule has 2 aromatic carbocycles. The molecule has 0 bridgehead atoms. The Kier molecular flexibility index (Phi) is 11.0. The Morgan fingerprint density at radius 2 is 1.60 bits per heavy atom. The van der Waals surface area contributed by atoms with Gasteiger partial charge in [-0.15, -0.1) is 10.2 Å². The van der Waals surface area contributed by atoms with E-state index in [1.165, 1.54) is 0 Å². The Hall–Kier alpha value is -6.27. The molecule has 2 aliphatic carbocycles. The second-order valence-electron chi connectivity index (χ2n) is 18.9. The predicted molar refractivity (Wildman–Crippen MR) is 236 cm³/mol. The monoisotopic (exact) mass is 851 g/mol. The highest BCUT2D eigenvalue weighted by atomic mass is 16.5. The van der Waals surface area contributed by atoms with E-state index in [9.17, 15) is 24.0 Å². The summed E-state index contributed by atoms with van der Waals surface area (Å²) < 4.78 is 6.64. The van der Waals surface area contributed by atoms with Crippen LogP contribution in [0.2, 0.25) is 0 Å². The van der Waals surface area contributed by atoms with Crippen LogP contribution in [0, 0.1) is 23.3 Å². The molecule has 0 radical (unpaired) electrons. The summed E-state index contributed by atoms with van der Waals surface area (Å²) in [5.74, 6) is 0.366. The molecular weight excluding hydrogens is 799 g/mol. The van der Waals surface area contributed by atoms with Crippen LogP contribution in [0.4, 0.5) is 17.2 Å². The minimum absolute atomic E-state index is 0.145. The zero-order valence-corrected chi connectivity index (χ0v) is 36.3. The smallest absolute Gasteiger partial charge is 0.272 e. The summed E-state index contributed by atoms with van der Waals surface area (Å²) in [6.45, 7) is 22.1. The van der Waals surface area contributed by atoms with Crippen LogP contribution in [0.5, 0.6) is 5.75 Å². The Morgan fingerprint density at radius 1 is 0.857 bits per heavy atom. The lowest BCUT2D eigenvalue weighted by Crippen LogP contribution is -2.74. The van der Waals surface area contributed by atoms with Gasteiger partial charge in [0, 0.05) is 79.8 Å². The number of benzene rings is 2. The number of nitrogens with zero attached hydrogens (tertiary/aromatic N) is 8. The van der Waals surface area contributed by atoms with E-state index < -0.39 is 28.7 Å². The molecule has 5 heterocycles. The molecule has 9 rings (SSSR count). The van der Waals surface area contributed by atoms with Gasteiger partial charge in [0.1, 0.15) is 17.6 Å². The average Bonchev–Trinajstić information content (AvgIpc) is 3.54. The number of nitrogens with one attached hydrogen (secondary N) is 1. The highest BCUT2D eigenvalue weighted by Crippen LogP contribution is 2.56. The number of ether oxygens (including phenoxy) is 1. The number of hydrogen-bond donors (Lipinski definition) is 1. The average molecular weight is 852 g/mol. The molecule has 4 fully saturated rings. The van der Waals surface area contributed by atoms with Gasteiger partial charge in [-0.05, 0) is 86.7 Å². The number of aromatic nitrogens is 3. The van der Waals surface area contributed by atoms with Crippen molar-refractivity contribution < 1.29 is 28.7 Å². The lowest BCUT2D eigenvalue weighted by atomic mass is 9.49. The van der Waals surface area contributed by atoms with E-state index in [0.29, 0.717) is 34.0 Å². The summed E-state index contributed by atoms with van der Waals surface area (Å²) in [7, 11) is 0. The van der Waals surface area contributed by atoms with Crippen LogP contribution < -0.4 is 19.9 Å². The number of Topliss-reactive ketones (excluding diaryl/α,β-unsaturated/α-hetero) is 2. The Labute approximate surface area is 367 Å². The third-order valence-electron chi connectivity index (χ3n) is 14.3. The maximum Gasteiger partial charge on any atom is 0.272 e. The molecule has 326 valence electrons. The highest BCUT2D eigenvalue weighted by Gasteiger charge is 2.64. The van der Waals surface area contributed by atoms with E-state index in [0.717, 1.165) is 86.9 Å². The molecule has 2 aromatic heterocycles. The molecular formula is C48H53N9O6. The van der Waals surface area contributed by atoms with Crippen molar-refractivity contribution in [1.82, 2.24) is 30.3 Å². The number of imide groups is 1. The second-order valence-corrected chi connectivity index (χ2v) is 18.9. The van der Waals surface area contributed by atoms with Crippen LogP contribution in [0.1, 0.15) is 97.4 Å². The Balaban J connectivity index is 0.721. The van der Waals surface area contributed by atoms with Crippen molar-refractivity contribution in [3.63, 3.8) is 0 Å². The van der Waals surface area contributed by atoms with E-state index in [1.807, 2.05) is 30.3 Å². The lowest BCUT2D eigenvalue weighted by molar-refractivity contribution is -0.163. The lowest BCUT2D eigenvalue weighted by Gasteiger charge is -2.63. The third kappa shape index (κ3) is 7.68. The van der Waals surface area contributed by atoms with Crippen molar-refractivity contribution in [2.45, 2.75) is 84.4 Å². The fourth-order valence-electron chi connectivity index (χ4n) is 11.0. The number of ketones is 2. The fourth-order valence-corrected chi connectivity index (χ4v) is 11.0. The molecule has 2 saturated heterocycles. The summed E-state index contributed by atoms with van der Waals surface area (Å²) in [5, 5.41) is 12.9. The van der Waals surface area contributed by atoms with E-state index in [1.54, 1.807) is 30.5 Å². The number of carbonyl (C=O) groups is 5. The second kappa shape index (κ2) is 16.5. The van der Waals surface area contributed by atoms with Gasteiger partial charge in [0.25, 0.3) is 17.7 Å². The van der Waals surface area contributed by atoms with Gasteiger partial charge >= 0.3 is 0 Å². The number of anilines is 2. The van der Waals surface area contributed by atoms with Gasteiger partial charge in [0.15, 0.2) is 17.3 Å². The number of pyridine rings is 1. The highest BCUT2D eigenvalue weighted by molar-refractivity contribution is 6.24. The quantitative estimate of drug-likeness (QED) is 0.114. The largest absolute Gasteiger partial charge is 0.489 e. The van der Waals surface area contributed by atoms with Gasteiger partial charge in [0.05, 0.1) is 35.7 Å². The van der Waals surface area contributed by atoms with Crippen molar-refractivity contribution in [2.75, 3.05) is 55.6 Å². The summed E-state index contributed by atoms with van der Waals surface area (Å²) in [4.78, 5) is 80.5. The Morgan fingerprint density at radius 3 is 2.30 bits per heavy atom. The molecule has 4 aromatic rings. The van der Waals surface area contributed by atoms with Gasteiger partial charge in [-0.25, -0.2) is 4.85 Å². The molecule has 15 nitrogen and oxygen atoms in total. The van der Waals surface area contributed by atoms with Crippen LogP contribution in [-0.2, 0) is 9.59 Å². The molecule has 1 N–H and O–H groups in total. The zero-order chi connectivity index (χ0) is 44.2. The van der Waals surface area contributed by atoms with Gasteiger partial charge in [-0.3, -0.25) is 38.8 Å². The first-order valence-corrected chi connectivity index (χ1v) is 22.1. The third-order valence-corrected chi connectivity index (χ3v) is 14.3. The van der Waals surface area contributed by atoms with E-state index in [-0.39, 0.29) is 54.6 Å². The number of carbonyl (C=O) groups excluding carboxylic acids is 5. The standard InChI is InChI=1S/C48H53N9O6/c1-47(2)45(48(3,4)46(47)63-39-14-11-35(49-5)41-33(39)7-6-19-50-41)51-42(60)36-12-15-40(53-52-36)56-21-17-29(18-22-56)16-20-54-23-25-55(26-24-54)30-8-10-32-34(27-30)44(62)57(43(32)61)37-13-9-31(58)28-38(37)59/h6-8,10-12,14-15,19,27,29,37,45-46H,9,13,16-18,20-26,28H2,1-4H3,(H,51,60). The minimum Gasteiger partial charge on any atom is -0.489 e. The van der Waals surface area contributed by atoms with E-state index >= 15 is 0 Å². The zero-order valence-electron chi connectivity index (χ0n) is 36.3. The van der Waals surface area contributed by atoms with Crippen molar-refractivity contribution >= 4 is 57.4 Å². The van der Waals surface area contributed by atoms with Gasteiger partial charge in [0.2, 0.25) is 5.69 Å². The molecule has 5 aliphatic rings. The van der Waals surface area contributed by atoms with Gasteiger partial charge < -0.3 is 19.9 Å². The summed E-state index contributed by atoms with van der Waals surface area (Å²) >= 11 is 0. The number of hydrogen-bond acceptors (Lipinski definition) is 12. The first-order valence-electron chi connectivity index (χ1n) is 22.1. The number of amides is 3. The van der Waals surface area contributed by atoms with E-state index in [4.69, 9.17) is 11.3 Å². The van der Waals surface area contributed by atoms with Gasteiger partial charge in [-0.2, -0.15) is 0 Å². The molecule has 63 heavy (non-hydrogen) atoms. The molecule has 0 spiro atoms. The molecule has 1 atom stereocenters. The molecule has 15 heteroatoms. The van der Waals surface area contributed by atoms with Crippen LogP contribution >= 0.6 is 0 Å². The van der Waals surface area contributed by atoms with Gasteiger partial charge in [-0.1, -0.05) is 33.8 Å². The number of piperidine rings is 1. The van der Waals surface area contributed by atoms with Crippen molar-refractivity contribution in [1.29, 1.82) is 0 Å². The number of piperazine rings is 1. The summed E-state index contributed by atoms with van der Waals surface area (Å²) in [6.07, 6.45) is 4.85. The van der Waals surface area contributed by atoms with Crippen molar-refractivity contribution in [2.24, 2.45) is 16.7 Å². The van der Waals surface area contributed by atoms with Crippen LogP contribution in [0.3, 0.4) is 0 Å². The topological polar surface area (TPSA) is 163 Å². The maximum absolute atomic E-state index is 13.5. The van der Waals surface area contributed by atoms with Crippen molar-refractivity contribution in [3.05, 3.63) is 89.0 Å². The van der Waals surface area contributed by atoms with Crippen molar-refractivity contribution in [3.8, 4) is 5.75 Å². The van der Waals surface area contributed by atoms with Crippen LogP contribution in [-0.4, -0.2) is 118 Å². The number of fused-ring (bicyclic) bond motifs is 2. The molecule has 3 aliphatic heterocycles. The van der Waals surface area contributed by atoms with E-state index in [2.05, 4.69) is 67.7 Å². The van der Waals surface area contributed by atoms with Crippen LogP contribution in [0.15, 0.2) is 60.8 Å². The first-order chi connectivity index (χ1) is 30.2. The molecule has 3 amide bonds. The minimum atomic E-state index is -0.866. The SMILES string of the molecule is [C-]#[N+]c1ccc(OC2C(C)(C)C(NC(=O)c3ccc(N4CCC(CCN5CCN(c6ccc7c(c6)C(=O)N(C6CCC(=O)CC6=O)C7=O)CC5)CC4)nn3)C2(C)C)c2cccnc12. The first kappa shape index (κ1) is 42.1. The summed E-state index contributed by atoms with van der Waals surface area (Å²) in [5.41, 5.74) is 2.11. The number of rotatable bonds is 10. The summed E-state index contributed by atoms with van der Waals surface area (Å²) in [6, 6.07) is 15.3. The maximum atomic E-state index is 13.5. The molecule has 2 saturated carbocycles. The fraction of sp³-hybridized carbons (Fsp3) is 0.479. The van der Waals surface area contributed by atoms with Crippen LogP contribution in [0.25, 0.3) is 15.7 Å². The Bertz CT molecular complexity index is 2520. The molecule has 1 unspecified atom stereocenters.